The molecule has 1 aromatic carbocycles. The van der Waals surface area contributed by atoms with Crippen molar-refractivity contribution in [2.24, 2.45) is 5.73 Å². The summed E-state index contributed by atoms with van der Waals surface area (Å²) in [5, 5.41) is 7.26. The molecule has 0 aliphatic heterocycles. The van der Waals surface area contributed by atoms with Gasteiger partial charge in [0.2, 0.25) is 5.91 Å². The van der Waals surface area contributed by atoms with Crippen molar-refractivity contribution >= 4 is 11.6 Å². The molecule has 6 nitrogen and oxygen atoms in total. The van der Waals surface area contributed by atoms with E-state index in [4.69, 9.17) is 10.5 Å². The van der Waals surface area contributed by atoms with Crippen molar-refractivity contribution in [1.29, 1.82) is 0 Å². The summed E-state index contributed by atoms with van der Waals surface area (Å²) in [6.07, 6.45) is 3.46. The molecule has 0 bridgehead atoms. The van der Waals surface area contributed by atoms with Gasteiger partial charge in [-0.25, -0.2) is 0 Å². The minimum Gasteiger partial charge on any atom is -0.497 e. The second-order valence-electron chi connectivity index (χ2n) is 4.34. The van der Waals surface area contributed by atoms with Gasteiger partial charge in [0.15, 0.2) is 0 Å². The Morgan fingerprint density at radius 1 is 1.45 bits per heavy atom. The van der Waals surface area contributed by atoms with Crippen LogP contribution in [0.1, 0.15) is 18.5 Å². The largest absolute Gasteiger partial charge is 0.497 e. The van der Waals surface area contributed by atoms with E-state index in [2.05, 4.69) is 10.4 Å². The van der Waals surface area contributed by atoms with Crippen LogP contribution in [0.25, 0.3) is 0 Å². The molecule has 0 aliphatic carbocycles. The number of methoxy groups -OCH3 is 1. The number of ether oxygens (including phenoxy) is 1. The Morgan fingerprint density at radius 3 is 2.65 bits per heavy atom. The number of nitrogens with zero attached hydrogens (tertiary/aromatic N) is 2. The lowest BCUT2D eigenvalue weighted by molar-refractivity contribution is -0.118. The first kappa shape index (κ1) is 13.9. The number of hydrogen-bond acceptors (Lipinski definition) is 4. The third-order valence-electron chi connectivity index (χ3n) is 3.00. The molecule has 0 fully saturated rings. The molecule has 2 aromatic rings. The molecule has 1 unspecified atom stereocenters. The van der Waals surface area contributed by atoms with Gasteiger partial charge >= 0.3 is 0 Å². The van der Waals surface area contributed by atoms with Gasteiger partial charge in [0, 0.05) is 24.0 Å². The number of rotatable bonds is 6. The molecule has 0 saturated carbocycles. The summed E-state index contributed by atoms with van der Waals surface area (Å²) < 4.78 is 6.84. The van der Waals surface area contributed by atoms with Gasteiger partial charge in [0.25, 0.3) is 0 Å². The first-order valence-corrected chi connectivity index (χ1v) is 6.36. The van der Waals surface area contributed by atoms with Gasteiger partial charge in [-0.1, -0.05) is 0 Å². The molecule has 1 aromatic heterocycles. The normalized spacial score (nSPS) is 11.9. The average molecular weight is 274 g/mol. The van der Waals surface area contributed by atoms with Crippen molar-refractivity contribution in [2.45, 2.75) is 19.5 Å². The predicted octanol–water partition coefficient (Wildman–Crippen LogP) is 1.55. The number of carbonyl (C=O) groups is 1. The smallest absolute Gasteiger partial charge is 0.244 e. The maximum Gasteiger partial charge on any atom is 0.244 e. The number of primary amides is 1. The molecule has 2 rings (SSSR count). The van der Waals surface area contributed by atoms with Crippen LogP contribution in [0.2, 0.25) is 0 Å². The van der Waals surface area contributed by atoms with Crippen molar-refractivity contribution in [3.8, 4) is 5.75 Å². The van der Waals surface area contributed by atoms with E-state index < -0.39 is 11.9 Å². The number of nitrogens with two attached hydrogens (primary N) is 1. The second kappa shape index (κ2) is 6.10. The van der Waals surface area contributed by atoms with E-state index in [9.17, 15) is 4.79 Å². The number of anilines is 1. The minimum absolute atomic E-state index is 0.448. The molecule has 1 amide bonds. The van der Waals surface area contributed by atoms with Crippen molar-refractivity contribution in [3.63, 3.8) is 0 Å². The van der Waals surface area contributed by atoms with Gasteiger partial charge in [0.1, 0.15) is 11.8 Å². The van der Waals surface area contributed by atoms with E-state index in [1.165, 1.54) is 0 Å². The fourth-order valence-electron chi connectivity index (χ4n) is 1.87. The van der Waals surface area contributed by atoms with Crippen LogP contribution >= 0.6 is 0 Å². The van der Waals surface area contributed by atoms with Crippen LogP contribution in [-0.4, -0.2) is 22.8 Å². The number of aryl methyl sites for hydroxylation is 1. The Bertz CT molecular complexity index is 577. The molecule has 1 heterocycles. The second-order valence-corrected chi connectivity index (χ2v) is 4.34. The first-order chi connectivity index (χ1) is 9.63. The standard InChI is InChI=1S/C14H18N4O2/c1-3-18-9-10(8-16-18)13(14(15)19)17-11-4-6-12(20-2)7-5-11/h4-9,13,17H,3H2,1-2H3,(H2,15,19). The fraction of sp³-hybridized carbons (Fsp3) is 0.286. The van der Waals surface area contributed by atoms with Gasteiger partial charge in [-0.2, -0.15) is 5.10 Å². The van der Waals surface area contributed by atoms with Crippen molar-refractivity contribution < 1.29 is 9.53 Å². The highest BCUT2D eigenvalue weighted by molar-refractivity contribution is 5.84. The molecular weight excluding hydrogens is 256 g/mol. The Kier molecular flexibility index (Phi) is 4.24. The van der Waals surface area contributed by atoms with E-state index in [0.717, 1.165) is 23.5 Å². The van der Waals surface area contributed by atoms with E-state index in [-0.39, 0.29) is 0 Å². The van der Waals surface area contributed by atoms with Crippen LogP contribution < -0.4 is 15.8 Å². The van der Waals surface area contributed by atoms with Gasteiger partial charge in [-0.3, -0.25) is 9.48 Å². The summed E-state index contributed by atoms with van der Waals surface area (Å²) in [6, 6.07) is 6.69. The van der Waals surface area contributed by atoms with Crippen LogP contribution in [0, 0.1) is 0 Å². The summed E-state index contributed by atoms with van der Waals surface area (Å²) in [7, 11) is 1.60. The molecular formula is C14H18N4O2. The Hall–Kier alpha value is -2.50. The van der Waals surface area contributed by atoms with E-state index in [0.29, 0.717) is 0 Å². The number of hydrogen-bond donors (Lipinski definition) is 2. The molecule has 3 N–H and O–H groups in total. The summed E-state index contributed by atoms with van der Waals surface area (Å²) in [4.78, 5) is 11.6. The highest BCUT2D eigenvalue weighted by atomic mass is 16.5. The first-order valence-electron chi connectivity index (χ1n) is 6.36. The van der Waals surface area contributed by atoms with Crippen molar-refractivity contribution in [3.05, 3.63) is 42.2 Å². The monoisotopic (exact) mass is 274 g/mol. The summed E-state index contributed by atoms with van der Waals surface area (Å²) in [6.45, 7) is 2.72. The van der Waals surface area contributed by atoms with Gasteiger partial charge in [0.05, 0.1) is 13.3 Å². The van der Waals surface area contributed by atoms with E-state index in [1.807, 2.05) is 37.4 Å². The summed E-state index contributed by atoms with van der Waals surface area (Å²) in [5.74, 6) is 0.307. The van der Waals surface area contributed by atoms with Crippen LogP contribution in [0.4, 0.5) is 5.69 Å². The molecule has 20 heavy (non-hydrogen) atoms. The molecule has 0 aliphatic rings. The lowest BCUT2D eigenvalue weighted by Gasteiger charge is -2.15. The number of aromatic nitrogens is 2. The Balaban J connectivity index is 2.18. The van der Waals surface area contributed by atoms with Crippen LogP contribution in [0.15, 0.2) is 36.7 Å². The minimum atomic E-state index is -0.608. The molecule has 6 heteroatoms. The topological polar surface area (TPSA) is 82.2 Å². The lowest BCUT2D eigenvalue weighted by atomic mass is 10.1. The van der Waals surface area contributed by atoms with Crippen LogP contribution in [0.5, 0.6) is 5.75 Å². The maximum atomic E-state index is 11.6. The number of carbonyl (C=O) groups excluding carboxylic acids is 1. The Labute approximate surface area is 117 Å². The zero-order chi connectivity index (χ0) is 14.5. The molecule has 1 atom stereocenters. The quantitative estimate of drug-likeness (QED) is 0.837. The third-order valence-corrected chi connectivity index (χ3v) is 3.00. The lowest BCUT2D eigenvalue weighted by Crippen LogP contribution is -2.27. The molecule has 0 saturated heterocycles. The zero-order valence-corrected chi connectivity index (χ0v) is 11.5. The summed E-state index contributed by atoms with van der Waals surface area (Å²) in [5.41, 5.74) is 7.00. The van der Waals surface area contributed by atoms with Gasteiger partial charge < -0.3 is 15.8 Å². The fourth-order valence-corrected chi connectivity index (χ4v) is 1.87. The zero-order valence-electron chi connectivity index (χ0n) is 11.5. The maximum absolute atomic E-state index is 11.6. The van der Waals surface area contributed by atoms with Gasteiger partial charge in [-0.05, 0) is 31.2 Å². The predicted molar refractivity (Wildman–Crippen MR) is 76.5 cm³/mol. The van der Waals surface area contributed by atoms with E-state index >= 15 is 0 Å². The van der Waals surface area contributed by atoms with Crippen LogP contribution in [-0.2, 0) is 11.3 Å². The summed E-state index contributed by atoms with van der Waals surface area (Å²) >= 11 is 0. The van der Waals surface area contributed by atoms with E-state index in [1.54, 1.807) is 18.0 Å². The number of nitrogens with one attached hydrogen (secondary N) is 1. The molecule has 106 valence electrons. The number of benzene rings is 1. The van der Waals surface area contributed by atoms with Gasteiger partial charge in [-0.15, -0.1) is 0 Å². The molecule has 0 radical (unpaired) electrons. The highest BCUT2D eigenvalue weighted by Gasteiger charge is 2.19. The third kappa shape index (κ3) is 3.09. The SMILES string of the molecule is CCn1cc(C(Nc2ccc(OC)cc2)C(N)=O)cn1. The molecule has 0 spiro atoms. The van der Waals surface area contributed by atoms with Crippen molar-refractivity contribution in [1.82, 2.24) is 9.78 Å². The van der Waals surface area contributed by atoms with Crippen LogP contribution in [0.3, 0.4) is 0 Å². The van der Waals surface area contributed by atoms with Crippen molar-refractivity contribution in [2.75, 3.05) is 12.4 Å². The Morgan fingerprint density at radius 2 is 2.15 bits per heavy atom. The number of amides is 1. The highest BCUT2D eigenvalue weighted by Crippen LogP contribution is 2.21. The average Bonchev–Trinajstić information content (AvgIpc) is 2.93.